The molecule has 0 aliphatic heterocycles. The predicted octanol–water partition coefficient (Wildman–Crippen LogP) is 4.41. The average Bonchev–Trinajstić information content (AvgIpc) is 2.29. The Morgan fingerprint density at radius 3 is 1.39 bits per heavy atom. The van der Waals surface area contributed by atoms with Gasteiger partial charge < -0.3 is 9.47 Å². The van der Waals surface area contributed by atoms with E-state index in [0.29, 0.717) is 0 Å². The van der Waals surface area contributed by atoms with Crippen LogP contribution in [0.3, 0.4) is 0 Å². The smallest absolute Gasteiger partial charge is 0.127 e. The first-order valence-corrected chi connectivity index (χ1v) is 6.43. The third kappa shape index (κ3) is 2.76. The van der Waals surface area contributed by atoms with Crippen molar-refractivity contribution in [3.8, 4) is 11.5 Å². The summed E-state index contributed by atoms with van der Waals surface area (Å²) < 4.78 is 11.7. The maximum atomic E-state index is 5.83. The Morgan fingerprint density at radius 2 is 1.06 bits per heavy atom. The van der Waals surface area contributed by atoms with Crippen molar-refractivity contribution >= 4 is 10.8 Å². The number of fused-ring (bicyclic) bond motifs is 1. The van der Waals surface area contributed by atoms with Gasteiger partial charge in [-0.05, 0) is 39.8 Å². The van der Waals surface area contributed by atoms with E-state index >= 15 is 0 Å². The molecule has 18 heavy (non-hydrogen) atoms. The summed E-state index contributed by atoms with van der Waals surface area (Å²) in [6.45, 7) is 8.14. The van der Waals surface area contributed by atoms with Gasteiger partial charge in [-0.1, -0.05) is 24.3 Å². The molecule has 0 heterocycles. The van der Waals surface area contributed by atoms with Crippen molar-refractivity contribution in [1.82, 2.24) is 0 Å². The minimum absolute atomic E-state index is 0.172. The van der Waals surface area contributed by atoms with Crippen LogP contribution in [0.2, 0.25) is 0 Å². The highest BCUT2D eigenvalue weighted by Gasteiger charge is 2.08. The largest absolute Gasteiger partial charge is 0.490 e. The van der Waals surface area contributed by atoms with E-state index in [2.05, 4.69) is 12.1 Å². The maximum absolute atomic E-state index is 5.83. The standard InChI is InChI=1S/C16H20O2/c1-11(2)17-15-9-5-8-14-13(15)7-6-10-16(14)18-12(3)4/h5-12H,1-4H3. The molecule has 2 aromatic carbocycles. The minimum atomic E-state index is 0.172. The van der Waals surface area contributed by atoms with Crippen LogP contribution in [-0.2, 0) is 0 Å². The summed E-state index contributed by atoms with van der Waals surface area (Å²) in [4.78, 5) is 0. The topological polar surface area (TPSA) is 18.5 Å². The summed E-state index contributed by atoms with van der Waals surface area (Å²) in [5.74, 6) is 1.83. The zero-order chi connectivity index (χ0) is 13.1. The molecule has 0 bridgehead atoms. The SMILES string of the molecule is CC(C)Oc1cccc2c(OC(C)C)cccc12. The van der Waals surface area contributed by atoms with E-state index in [1.807, 2.05) is 52.0 Å². The van der Waals surface area contributed by atoms with Crippen LogP contribution in [0.25, 0.3) is 10.8 Å². The molecule has 0 spiro atoms. The number of hydrogen-bond donors (Lipinski definition) is 0. The van der Waals surface area contributed by atoms with Crippen molar-refractivity contribution in [3.05, 3.63) is 36.4 Å². The first-order valence-electron chi connectivity index (χ1n) is 6.43. The molecule has 2 rings (SSSR count). The molecule has 0 radical (unpaired) electrons. The summed E-state index contributed by atoms with van der Waals surface area (Å²) in [5.41, 5.74) is 0. The van der Waals surface area contributed by atoms with Crippen LogP contribution in [0.1, 0.15) is 27.7 Å². The molecule has 2 heteroatoms. The minimum Gasteiger partial charge on any atom is -0.490 e. The van der Waals surface area contributed by atoms with E-state index in [1.165, 1.54) is 0 Å². The Balaban J connectivity index is 2.50. The lowest BCUT2D eigenvalue weighted by molar-refractivity contribution is 0.242. The molecule has 0 aliphatic rings. The summed E-state index contributed by atoms with van der Waals surface area (Å²) in [5, 5.41) is 2.20. The van der Waals surface area contributed by atoms with E-state index < -0.39 is 0 Å². The Morgan fingerprint density at radius 1 is 0.667 bits per heavy atom. The van der Waals surface area contributed by atoms with Crippen molar-refractivity contribution in [2.24, 2.45) is 0 Å². The van der Waals surface area contributed by atoms with Crippen LogP contribution in [0.4, 0.5) is 0 Å². The third-order valence-electron chi connectivity index (χ3n) is 2.57. The second-order valence-electron chi connectivity index (χ2n) is 4.94. The van der Waals surface area contributed by atoms with Crippen LogP contribution in [-0.4, -0.2) is 12.2 Å². The van der Waals surface area contributed by atoms with E-state index in [1.54, 1.807) is 0 Å². The van der Waals surface area contributed by atoms with Crippen molar-refractivity contribution in [2.45, 2.75) is 39.9 Å². The van der Waals surface area contributed by atoms with Crippen molar-refractivity contribution in [3.63, 3.8) is 0 Å². The lowest BCUT2D eigenvalue weighted by atomic mass is 10.1. The first kappa shape index (κ1) is 12.7. The van der Waals surface area contributed by atoms with Gasteiger partial charge in [-0.25, -0.2) is 0 Å². The number of benzene rings is 2. The summed E-state index contributed by atoms with van der Waals surface area (Å²) in [7, 11) is 0. The Bertz CT molecular complexity index is 480. The summed E-state index contributed by atoms with van der Waals surface area (Å²) >= 11 is 0. The van der Waals surface area contributed by atoms with Gasteiger partial charge in [0, 0.05) is 10.8 Å². The van der Waals surface area contributed by atoms with E-state index in [4.69, 9.17) is 9.47 Å². The molecule has 0 unspecified atom stereocenters. The van der Waals surface area contributed by atoms with Gasteiger partial charge in [-0.15, -0.1) is 0 Å². The molecule has 0 aliphatic carbocycles. The molecule has 0 aromatic heterocycles. The Hall–Kier alpha value is -1.70. The first-order chi connectivity index (χ1) is 8.58. The second-order valence-corrected chi connectivity index (χ2v) is 4.94. The molecule has 0 atom stereocenters. The van der Waals surface area contributed by atoms with Gasteiger partial charge in [0.05, 0.1) is 12.2 Å². The van der Waals surface area contributed by atoms with Crippen LogP contribution < -0.4 is 9.47 Å². The quantitative estimate of drug-likeness (QED) is 0.793. The fourth-order valence-electron chi connectivity index (χ4n) is 1.97. The van der Waals surface area contributed by atoms with Crippen molar-refractivity contribution < 1.29 is 9.47 Å². The molecule has 0 saturated carbocycles. The van der Waals surface area contributed by atoms with Gasteiger partial charge >= 0.3 is 0 Å². The van der Waals surface area contributed by atoms with Gasteiger partial charge in [0.2, 0.25) is 0 Å². The molecule has 0 fully saturated rings. The van der Waals surface area contributed by atoms with E-state index in [-0.39, 0.29) is 12.2 Å². The van der Waals surface area contributed by atoms with Crippen molar-refractivity contribution in [1.29, 1.82) is 0 Å². The van der Waals surface area contributed by atoms with Gasteiger partial charge in [0.25, 0.3) is 0 Å². The summed E-state index contributed by atoms with van der Waals surface area (Å²) in [6.07, 6.45) is 0.343. The highest BCUT2D eigenvalue weighted by molar-refractivity contribution is 5.93. The second kappa shape index (κ2) is 5.30. The average molecular weight is 244 g/mol. The normalized spacial score (nSPS) is 11.2. The zero-order valence-corrected chi connectivity index (χ0v) is 11.4. The summed E-state index contributed by atoms with van der Waals surface area (Å²) in [6, 6.07) is 12.2. The van der Waals surface area contributed by atoms with E-state index in [9.17, 15) is 0 Å². The Labute approximate surface area is 109 Å². The lowest BCUT2D eigenvalue weighted by Crippen LogP contribution is -2.07. The number of hydrogen-bond acceptors (Lipinski definition) is 2. The molecule has 0 amide bonds. The van der Waals surface area contributed by atoms with Gasteiger partial charge in [-0.3, -0.25) is 0 Å². The highest BCUT2D eigenvalue weighted by Crippen LogP contribution is 2.33. The van der Waals surface area contributed by atoms with Crippen molar-refractivity contribution in [2.75, 3.05) is 0 Å². The van der Waals surface area contributed by atoms with Crippen LogP contribution >= 0.6 is 0 Å². The zero-order valence-electron chi connectivity index (χ0n) is 11.4. The number of rotatable bonds is 4. The molecule has 0 saturated heterocycles. The maximum Gasteiger partial charge on any atom is 0.127 e. The molecule has 0 N–H and O–H groups in total. The highest BCUT2D eigenvalue weighted by atomic mass is 16.5. The van der Waals surface area contributed by atoms with Gasteiger partial charge in [0.15, 0.2) is 0 Å². The van der Waals surface area contributed by atoms with Crippen LogP contribution in [0.15, 0.2) is 36.4 Å². The predicted molar refractivity (Wildman–Crippen MR) is 75.5 cm³/mol. The monoisotopic (exact) mass is 244 g/mol. The van der Waals surface area contributed by atoms with Crippen LogP contribution in [0, 0.1) is 0 Å². The van der Waals surface area contributed by atoms with Gasteiger partial charge in [-0.2, -0.15) is 0 Å². The molecular weight excluding hydrogens is 224 g/mol. The Kier molecular flexibility index (Phi) is 3.75. The lowest BCUT2D eigenvalue weighted by Gasteiger charge is -2.15. The molecule has 2 aromatic rings. The third-order valence-corrected chi connectivity index (χ3v) is 2.57. The fourth-order valence-corrected chi connectivity index (χ4v) is 1.97. The van der Waals surface area contributed by atoms with E-state index in [0.717, 1.165) is 22.3 Å². The molecule has 96 valence electrons. The van der Waals surface area contributed by atoms with Gasteiger partial charge in [0.1, 0.15) is 11.5 Å². The number of ether oxygens (including phenoxy) is 2. The fraction of sp³-hybridized carbons (Fsp3) is 0.375. The molecular formula is C16H20O2. The van der Waals surface area contributed by atoms with Crippen LogP contribution in [0.5, 0.6) is 11.5 Å². The molecule has 2 nitrogen and oxygen atoms in total.